The van der Waals surface area contributed by atoms with Gasteiger partial charge in [0.05, 0.1) is 25.5 Å². The van der Waals surface area contributed by atoms with Crippen molar-refractivity contribution in [1.29, 1.82) is 0 Å². The van der Waals surface area contributed by atoms with Crippen molar-refractivity contribution < 1.29 is 26.9 Å². The number of hydrogen-bond donors (Lipinski definition) is 0. The molecule has 0 fully saturated rings. The van der Waals surface area contributed by atoms with Gasteiger partial charge in [0, 0.05) is 0 Å². The van der Waals surface area contributed by atoms with Gasteiger partial charge in [0.2, 0.25) is 5.69 Å². The minimum absolute atomic E-state index is 0.0227. The van der Waals surface area contributed by atoms with Crippen LogP contribution in [-0.2, 0) is 14.9 Å². The van der Waals surface area contributed by atoms with E-state index in [4.69, 9.17) is 13.7 Å². The first kappa shape index (κ1) is 22.0. The zero-order chi connectivity index (χ0) is 22.6. The van der Waals surface area contributed by atoms with Gasteiger partial charge in [-0.2, -0.15) is 18.2 Å². The Balaban J connectivity index is 2.09. The molecule has 0 amide bonds. The van der Waals surface area contributed by atoms with Crippen LogP contribution in [0.1, 0.15) is 23.0 Å². The molecular formula is C21H20N2O7S. The standard InChI is InChI=1S/C21H20N2O7S/c1-4-29-21(25)20-18(13-19(24)23(22-20)15-8-6-5-7-9-15)30-31(26,27)16-10-11-17(28-3)14(2)12-16/h5-13H,4H2,1-3H3. The second kappa shape index (κ2) is 9.00. The first-order valence-corrected chi connectivity index (χ1v) is 10.6. The molecule has 2 aromatic carbocycles. The Morgan fingerprint density at radius 1 is 1.06 bits per heavy atom. The maximum atomic E-state index is 12.8. The minimum Gasteiger partial charge on any atom is -0.496 e. The van der Waals surface area contributed by atoms with Gasteiger partial charge in [0.1, 0.15) is 10.6 Å². The van der Waals surface area contributed by atoms with Gasteiger partial charge in [-0.1, -0.05) is 18.2 Å². The van der Waals surface area contributed by atoms with Crippen LogP contribution in [0, 0.1) is 6.92 Å². The lowest BCUT2D eigenvalue weighted by Gasteiger charge is -2.13. The van der Waals surface area contributed by atoms with E-state index in [1.165, 1.54) is 25.3 Å². The Kier molecular flexibility index (Phi) is 6.40. The summed E-state index contributed by atoms with van der Waals surface area (Å²) in [4.78, 5) is 24.8. The quantitative estimate of drug-likeness (QED) is 0.403. The molecule has 0 N–H and O–H groups in total. The van der Waals surface area contributed by atoms with E-state index >= 15 is 0 Å². The van der Waals surface area contributed by atoms with Crippen molar-refractivity contribution in [3.8, 4) is 17.2 Å². The number of benzene rings is 2. The molecule has 3 aromatic rings. The van der Waals surface area contributed by atoms with Crippen LogP contribution >= 0.6 is 0 Å². The van der Waals surface area contributed by atoms with E-state index < -0.39 is 33.1 Å². The van der Waals surface area contributed by atoms with Crippen LogP contribution in [0.5, 0.6) is 11.5 Å². The highest BCUT2D eigenvalue weighted by Gasteiger charge is 2.26. The zero-order valence-corrected chi connectivity index (χ0v) is 17.9. The van der Waals surface area contributed by atoms with E-state index in [9.17, 15) is 18.0 Å². The molecule has 0 saturated heterocycles. The molecule has 162 valence electrons. The summed E-state index contributed by atoms with van der Waals surface area (Å²) in [6.45, 7) is 3.28. The SMILES string of the molecule is CCOC(=O)c1nn(-c2ccccc2)c(=O)cc1OS(=O)(=O)c1ccc(OC)c(C)c1. The van der Waals surface area contributed by atoms with Crippen LogP contribution in [-0.4, -0.2) is 37.9 Å². The Bertz CT molecular complexity index is 1270. The number of nitrogens with zero attached hydrogens (tertiary/aromatic N) is 2. The molecule has 0 atom stereocenters. The monoisotopic (exact) mass is 444 g/mol. The van der Waals surface area contributed by atoms with E-state index in [-0.39, 0.29) is 11.5 Å². The molecule has 0 unspecified atom stereocenters. The molecule has 1 heterocycles. The summed E-state index contributed by atoms with van der Waals surface area (Å²) in [7, 11) is -2.91. The Morgan fingerprint density at radius 3 is 2.39 bits per heavy atom. The second-order valence-electron chi connectivity index (χ2n) is 6.33. The Hall–Kier alpha value is -3.66. The van der Waals surface area contributed by atoms with Crippen molar-refractivity contribution in [2.75, 3.05) is 13.7 Å². The highest BCUT2D eigenvalue weighted by molar-refractivity contribution is 7.87. The summed E-state index contributed by atoms with van der Waals surface area (Å²) >= 11 is 0. The molecule has 0 aliphatic rings. The second-order valence-corrected chi connectivity index (χ2v) is 7.88. The highest BCUT2D eigenvalue weighted by Crippen LogP contribution is 2.25. The normalized spacial score (nSPS) is 11.1. The van der Waals surface area contributed by atoms with Crippen LogP contribution in [0.25, 0.3) is 5.69 Å². The number of esters is 1. The molecule has 9 nitrogen and oxygen atoms in total. The predicted molar refractivity (Wildman–Crippen MR) is 111 cm³/mol. The molecule has 0 aliphatic heterocycles. The number of ether oxygens (including phenoxy) is 2. The summed E-state index contributed by atoms with van der Waals surface area (Å²) in [5, 5.41) is 4.00. The number of para-hydroxylation sites is 1. The average molecular weight is 444 g/mol. The number of hydrogen-bond acceptors (Lipinski definition) is 8. The lowest BCUT2D eigenvalue weighted by molar-refractivity contribution is 0.0515. The van der Waals surface area contributed by atoms with Gasteiger partial charge < -0.3 is 13.7 Å². The molecule has 0 spiro atoms. The largest absolute Gasteiger partial charge is 0.496 e. The molecule has 0 bridgehead atoms. The van der Waals surface area contributed by atoms with E-state index in [0.29, 0.717) is 17.0 Å². The fraction of sp³-hybridized carbons (Fsp3) is 0.190. The number of carbonyl (C=O) groups excluding carboxylic acids is 1. The van der Waals surface area contributed by atoms with Crippen LogP contribution in [0.15, 0.2) is 64.3 Å². The van der Waals surface area contributed by atoms with Crippen LogP contribution in [0.2, 0.25) is 0 Å². The summed E-state index contributed by atoms with van der Waals surface area (Å²) < 4.78 is 41.8. The third kappa shape index (κ3) is 4.75. The van der Waals surface area contributed by atoms with E-state index in [1.54, 1.807) is 44.2 Å². The number of rotatable bonds is 7. The summed E-state index contributed by atoms with van der Waals surface area (Å²) in [5.41, 5.74) is -0.178. The fourth-order valence-electron chi connectivity index (χ4n) is 2.77. The van der Waals surface area contributed by atoms with Gasteiger partial charge in [-0.15, -0.1) is 0 Å². The van der Waals surface area contributed by atoms with E-state index in [1.807, 2.05) is 0 Å². The molecule has 0 radical (unpaired) electrons. The first-order valence-electron chi connectivity index (χ1n) is 9.23. The van der Waals surface area contributed by atoms with E-state index in [2.05, 4.69) is 5.10 Å². The molecule has 0 aliphatic carbocycles. The van der Waals surface area contributed by atoms with Crippen molar-refractivity contribution in [2.45, 2.75) is 18.7 Å². The van der Waals surface area contributed by atoms with Crippen molar-refractivity contribution in [3.05, 3.63) is 76.2 Å². The maximum Gasteiger partial charge on any atom is 0.362 e. The summed E-state index contributed by atoms with van der Waals surface area (Å²) in [5.74, 6) is -0.953. The van der Waals surface area contributed by atoms with Crippen LogP contribution in [0.3, 0.4) is 0 Å². The van der Waals surface area contributed by atoms with Crippen molar-refractivity contribution in [3.63, 3.8) is 0 Å². The zero-order valence-electron chi connectivity index (χ0n) is 17.1. The highest BCUT2D eigenvalue weighted by atomic mass is 32.2. The molecule has 0 saturated carbocycles. The average Bonchev–Trinajstić information content (AvgIpc) is 2.74. The number of carbonyl (C=O) groups is 1. The molecule has 31 heavy (non-hydrogen) atoms. The number of methoxy groups -OCH3 is 1. The Labute approximate surface area is 178 Å². The van der Waals surface area contributed by atoms with Crippen LogP contribution < -0.4 is 14.5 Å². The first-order chi connectivity index (χ1) is 14.8. The number of aryl methyl sites for hydroxylation is 1. The Morgan fingerprint density at radius 2 is 1.77 bits per heavy atom. The fourth-order valence-corrected chi connectivity index (χ4v) is 3.79. The van der Waals surface area contributed by atoms with E-state index in [0.717, 1.165) is 10.7 Å². The lowest BCUT2D eigenvalue weighted by atomic mass is 10.2. The summed E-state index contributed by atoms with van der Waals surface area (Å²) in [6.07, 6.45) is 0. The van der Waals surface area contributed by atoms with Gasteiger partial charge >= 0.3 is 16.1 Å². The number of aromatic nitrogens is 2. The molecular weight excluding hydrogens is 424 g/mol. The maximum absolute atomic E-state index is 12.8. The molecule has 3 rings (SSSR count). The molecule has 10 heteroatoms. The topological polar surface area (TPSA) is 114 Å². The van der Waals surface area contributed by atoms with Gasteiger partial charge in [-0.25, -0.2) is 4.79 Å². The van der Waals surface area contributed by atoms with Gasteiger partial charge in [-0.3, -0.25) is 4.79 Å². The van der Waals surface area contributed by atoms with Crippen molar-refractivity contribution in [2.24, 2.45) is 0 Å². The van der Waals surface area contributed by atoms with Crippen molar-refractivity contribution in [1.82, 2.24) is 9.78 Å². The third-order valence-electron chi connectivity index (χ3n) is 4.22. The van der Waals surface area contributed by atoms with Crippen molar-refractivity contribution >= 4 is 16.1 Å². The predicted octanol–water partition coefficient (Wildman–Crippen LogP) is 2.49. The molecule has 1 aromatic heterocycles. The minimum atomic E-state index is -4.38. The smallest absolute Gasteiger partial charge is 0.362 e. The van der Waals surface area contributed by atoms with Gasteiger partial charge in [-0.05, 0) is 49.7 Å². The lowest BCUT2D eigenvalue weighted by Crippen LogP contribution is -2.26. The van der Waals surface area contributed by atoms with Gasteiger partial charge in [0.15, 0.2) is 5.75 Å². The van der Waals surface area contributed by atoms with Crippen LogP contribution in [0.4, 0.5) is 0 Å². The summed E-state index contributed by atoms with van der Waals surface area (Å²) in [6, 6.07) is 13.4. The van der Waals surface area contributed by atoms with Gasteiger partial charge in [0.25, 0.3) is 5.56 Å². The third-order valence-corrected chi connectivity index (χ3v) is 5.45.